The lowest BCUT2D eigenvalue weighted by Crippen LogP contribution is -2.40. The molecule has 1 atom stereocenters. The topological polar surface area (TPSA) is 58.6 Å². The second-order valence-electron chi connectivity index (χ2n) is 4.05. The number of ether oxygens (including phenoxy) is 1. The van der Waals surface area contributed by atoms with Gasteiger partial charge < -0.3 is 15.2 Å². The van der Waals surface area contributed by atoms with E-state index in [2.05, 4.69) is 5.32 Å². The smallest absolute Gasteiger partial charge is 0.246 e. The van der Waals surface area contributed by atoms with Crippen LogP contribution in [0.5, 0.6) is 0 Å². The van der Waals surface area contributed by atoms with Crippen LogP contribution in [0.15, 0.2) is 30.3 Å². The maximum Gasteiger partial charge on any atom is 0.246 e. The molecule has 0 spiro atoms. The molecule has 0 radical (unpaired) electrons. The van der Waals surface area contributed by atoms with Crippen molar-refractivity contribution in [3.8, 4) is 0 Å². The van der Waals surface area contributed by atoms with E-state index >= 15 is 0 Å². The van der Waals surface area contributed by atoms with E-state index in [9.17, 15) is 9.90 Å². The number of benzene rings is 1. The summed E-state index contributed by atoms with van der Waals surface area (Å²) in [6.07, 6.45) is 0. The van der Waals surface area contributed by atoms with Crippen LogP contribution in [0.1, 0.15) is 19.4 Å². The Balaban J connectivity index is 2.48. The molecule has 0 fully saturated rings. The first-order valence-electron chi connectivity index (χ1n) is 5.68. The van der Waals surface area contributed by atoms with Crippen molar-refractivity contribution in [3.63, 3.8) is 0 Å². The average Bonchev–Trinajstić information content (AvgIpc) is 2.35. The van der Waals surface area contributed by atoms with Crippen LogP contribution >= 0.6 is 0 Å². The molecular weight excluding hydrogens is 218 g/mol. The summed E-state index contributed by atoms with van der Waals surface area (Å²) in [6.45, 7) is 4.20. The molecule has 0 aliphatic rings. The summed E-state index contributed by atoms with van der Waals surface area (Å²) in [6, 6.07) is 9.24. The summed E-state index contributed by atoms with van der Waals surface area (Å²) in [4.78, 5) is 11.3. The minimum atomic E-state index is -1.07. The first-order chi connectivity index (χ1) is 8.06. The Kier molecular flexibility index (Phi) is 5.12. The number of hydrogen-bond donors (Lipinski definition) is 2. The summed E-state index contributed by atoms with van der Waals surface area (Å²) in [5.41, 5.74) is -0.292. The number of aliphatic hydroxyl groups is 1. The molecule has 1 rings (SSSR count). The molecule has 1 unspecified atom stereocenters. The van der Waals surface area contributed by atoms with E-state index in [4.69, 9.17) is 4.74 Å². The lowest BCUT2D eigenvalue weighted by atomic mass is 9.96. The maximum atomic E-state index is 11.3. The Morgan fingerprint density at radius 2 is 2.06 bits per heavy atom. The van der Waals surface area contributed by atoms with Gasteiger partial charge in [-0.15, -0.1) is 0 Å². The zero-order valence-corrected chi connectivity index (χ0v) is 10.3. The maximum absolute atomic E-state index is 11.3. The highest BCUT2D eigenvalue weighted by Crippen LogP contribution is 2.18. The molecule has 4 nitrogen and oxygen atoms in total. The quantitative estimate of drug-likeness (QED) is 0.777. The van der Waals surface area contributed by atoms with E-state index in [0.717, 1.165) is 5.56 Å². The molecule has 0 aliphatic heterocycles. The normalized spacial score (nSPS) is 14.1. The third-order valence-electron chi connectivity index (χ3n) is 2.46. The lowest BCUT2D eigenvalue weighted by Gasteiger charge is -2.24. The van der Waals surface area contributed by atoms with Crippen LogP contribution in [0.3, 0.4) is 0 Å². The monoisotopic (exact) mass is 237 g/mol. The number of nitrogens with one attached hydrogen (secondary N) is 1. The fraction of sp³-hybridized carbons (Fsp3) is 0.462. The number of carbonyl (C=O) groups excluding carboxylic acids is 1. The molecule has 1 aromatic rings. The van der Waals surface area contributed by atoms with Gasteiger partial charge in [0.1, 0.15) is 12.2 Å². The van der Waals surface area contributed by atoms with E-state index in [0.29, 0.717) is 6.61 Å². The highest BCUT2D eigenvalue weighted by Gasteiger charge is 2.23. The van der Waals surface area contributed by atoms with Crippen molar-refractivity contribution >= 4 is 5.91 Å². The summed E-state index contributed by atoms with van der Waals surface area (Å²) < 4.78 is 4.97. The van der Waals surface area contributed by atoms with Gasteiger partial charge in [0.25, 0.3) is 0 Å². The number of hydrogen-bond acceptors (Lipinski definition) is 3. The van der Waals surface area contributed by atoms with Crippen molar-refractivity contribution in [3.05, 3.63) is 35.9 Å². The zero-order valence-electron chi connectivity index (χ0n) is 10.3. The van der Waals surface area contributed by atoms with Crippen LogP contribution in [0.2, 0.25) is 0 Å². The minimum absolute atomic E-state index is 0.0291. The van der Waals surface area contributed by atoms with Gasteiger partial charge in [-0.1, -0.05) is 30.3 Å². The van der Waals surface area contributed by atoms with Crippen LogP contribution in [-0.4, -0.2) is 30.8 Å². The summed E-state index contributed by atoms with van der Waals surface area (Å²) in [5, 5.41) is 12.8. The molecule has 0 bridgehead atoms. The van der Waals surface area contributed by atoms with E-state index in [-0.39, 0.29) is 19.1 Å². The summed E-state index contributed by atoms with van der Waals surface area (Å²) in [7, 11) is 0. The lowest BCUT2D eigenvalue weighted by molar-refractivity contribution is -0.126. The van der Waals surface area contributed by atoms with Crippen LogP contribution in [-0.2, 0) is 15.1 Å². The van der Waals surface area contributed by atoms with Crippen LogP contribution < -0.4 is 5.32 Å². The van der Waals surface area contributed by atoms with Gasteiger partial charge in [-0.05, 0) is 19.4 Å². The Bertz CT molecular complexity index is 349. The van der Waals surface area contributed by atoms with E-state index in [1.165, 1.54) is 0 Å². The molecule has 94 valence electrons. The molecule has 4 heteroatoms. The third kappa shape index (κ3) is 4.54. The highest BCUT2D eigenvalue weighted by atomic mass is 16.5. The number of amides is 1. The van der Waals surface area contributed by atoms with Crippen LogP contribution in [0, 0.1) is 0 Å². The van der Waals surface area contributed by atoms with Gasteiger partial charge >= 0.3 is 0 Å². The molecule has 2 N–H and O–H groups in total. The van der Waals surface area contributed by atoms with Gasteiger partial charge in [0, 0.05) is 6.61 Å². The molecule has 0 aliphatic carbocycles. The molecule has 0 saturated heterocycles. The second-order valence-corrected chi connectivity index (χ2v) is 4.05. The van der Waals surface area contributed by atoms with Gasteiger partial charge in [0.05, 0.1) is 6.54 Å². The van der Waals surface area contributed by atoms with Gasteiger partial charge in [-0.3, -0.25) is 4.79 Å². The standard InChI is InChI=1S/C13H19NO3/c1-3-17-9-12(15)14-10-13(2,16)11-7-5-4-6-8-11/h4-8,16H,3,9-10H2,1-2H3,(H,14,15). The molecule has 0 saturated carbocycles. The van der Waals surface area contributed by atoms with Crippen molar-refractivity contribution in [1.29, 1.82) is 0 Å². The number of rotatable bonds is 6. The van der Waals surface area contributed by atoms with Crippen molar-refractivity contribution < 1.29 is 14.6 Å². The molecular formula is C13H19NO3. The van der Waals surface area contributed by atoms with Crippen LogP contribution in [0.4, 0.5) is 0 Å². The Morgan fingerprint density at radius 1 is 1.41 bits per heavy atom. The predicted molar refractivity (Wildman–Crippen MR) is 65.5 cm³/mol. The third-order valence-corrected chi connectivity index (χ3v) is 2.46. The first-order valence-corrected chi connectivity index (χ1v) is 5.68. The Morgan fingerprint density at radius 3 is 2.65 bits per heavy atom. The molecule has 0 heterocycles. The molecule has 0 aromatic heterocycles. The fourth-order valence-electron chi connectivity index (χ4n) is 1.42. The largest absolute Gasteiger partial charge is 0.384 e. The zero-order chi connectivity index (χ0) is 12.7. The van der Waals surface area contributed by atoms with Crippen molar-refractivity contribution in [2.75, 3.05) is 19.8 Å². The van der Waals surface area contributed by atoms with E-state index < -0.39 is 5.60 Å². The highest BCUT2D eigenvalue weighted by molar-refractivity contribution is 5.77. The van der Waals surface area contributed by atoms with E-state index in [1.54, 1.807) is 6.92 Å². The van der Waals surface area contributed by atoms with Gasteiger partial charge in [0.2, 0.25) is 5.91 Å². The second kappa shape index (κ2) is 6.37. The summed E-state index contributed by atoms with van der Waals surface area (Å²) >= 11 is 0. The van der Waals surface area contributed by atoms with E-state index in [1.807, 2.05) is 37.3 Å². The molecule has 1 aromatic carbocycles. The SMILES string of the molecule is CCOCC(=O)NCC(C)(O)c1ccccc1. The number of carbonyl (C=O) groups is 1. The molecule has 17 heavy (non-hydrogen) atoms. The van der Waals surface area contributed by atoms with Crippen molar-refractivity contribution in [1.82, 2.24) is 5.32 Å². The van der Waals surface area contributed by atoms with Crippen LogP contribution in [0.25, 0.3) is 0 Å². The average molecular weight is 237 g/mol. The van der Waals surface area contributed by atoms with Gasteiger partial charge in [-0.25, -0.2) is 0 Å². The van der Waals surface area contributed by atoms with Crippen molar-refractivity contribution in [2.24, 2.45) is 0 Å². The molecule has 1 amide bonds. The minimum Gasteiger partial charge on any atom is -0.384 e. The Labute approximate surface area is 102 Å². The first kappa shape index (κ1) is 13.7. The van der Waals surface area contributed by atoms with Crippen molar-refractivity contribution in [2.45, 2.75) is 19.4 Å². The predicted octanol–water partition coefficient (Wildman–Crippen LogP) is 1.05. The fourth-order valence-corrected chi connectivity index (χ4v) is 1.42. The Hall–Kier alpha value is -1.39. The summed E-state index contributed by atoms with van der Waals surface area (Å²) in [5.74, 6) is -0.219. The van der Waals surface area contributed by atoms with Gasteiger partial charge in [0.15, 0.2) is 0 Å². The van der Waals surface area contributed by atoms with Gasteiger partial charge in [-0.2, -0.15) is 0 Å².